The fraction of sp³-hybridized carbons (Fsp3) is 0.353. The van der Waals surface area contributed by atoms with Gasteiger partial charge in [0.05, 0.1) is 0 Å². The second-order valence-corrected chi connectivity index (χ2v) is 5.45. The molecule has 0 radical (unpaired) electrons. The Morgan fingerprint density at radius 3 is 2.38 bits per heavy atom. The van der Waals surface area contributed by atoms with Crippen LogP contribution >= 0.6 is 0 Å². The predicted octanol–water partition coefficient (Wildman–Crippen LogP) is 3.14. The molecule has 0 fully saturated rings. The van der Waals surface area contributed by atoms with Gasteiger partial charge in [0.2, 0.25) is 0 Å². The van der Waals surface area contributed by atoms with Crippen LogP contribution in [0.15, 0.2) is 36.4 Å². The molecule has 0 aliphatic heterocycles. The highest BCUT2D eigenvalue weighted by molar-refractivity contribution is 5.92. The maximum atomic E-state index is 12.7. The van der Waals surface area contributed by atoms with E-state index in [1.165, 1.54) is 0 Å². The van der Waals surface area contributed by atoms with E-state index < -0.39 is 0 Å². The number of aromatic nitrogens is 2. The van der Waals surface area contributed by atoms with Crippen molar-refractivity contribution in [3.05, 3.63) is 59.2 Å². The average Bonchev–Trinajstić information content (AvgIpc) is 2.44. The van der Waals surface area contributed by atoms with Gasteiger partial charge in [-0.25, -0.2) is 9.97 Å². The fourth-order valence-corrected chi connectivity index (χ4v) is 2.24. The standard InChI is InChI=1S/C17H21N3O/c1-12(2)20(11-15-8-6-5-7-9-15)17(21)16-10-13(3)18-14(4)19-16/h5-10,12H,11H2,1-4H3. The van der Waals surface area contributed by atoms with Gasteiger partial charge in [-0.15, -0.1) is 0 Å². The summed E-state index contributed by atoms with van der Waals surface area (Å²) in [7, 11) is 0. The number of amides is 1. The minimum Gasteiger partial charge on any atom is -0.331 e. The Kier molecular flexibility index (Phi) is 4.68. The fourth-order valence-electron chi connectivity index (χ4n) is 2.24. The van der Waals surface area contributed by atoms with Gasteiger partial charge < -0.3 is 4.90 Å². The second-order valence-electron chi connectivity index (χ2n) is 5.45. The number of carbonyl (C=O) groups is 1. The van der Waals surface area contributed by atoms with E-state index in [1.54, 1.807) is 13.0 Å². The summed E-state index contributed by atoms with van der Waals surface area (Å²) in [5.74, 6) is 0.573. The molecule has 0 bridgehead atoms. The minimum absolute atomic E-state index is 0.0533. The van der Waals surface area contributed by atoms with Gasteiger partial charge in [-0.2, -0.15) is 0 Å². The third-order valence-corrected chi connectivity index (χ3v) is 3.27. The van der Waals surface area contributed by atoms with Crippen LogP contribution in [0.3, 0.4) is 0 Å². The predicted molar refractivity (Wildman–Crippen MR) is 83.0 cm³/mol. The quantitative estimate of drug-likeness (QED) is 0.866. The van der Waals surface area contributed by atoms with Crippen LogP contribution in [0.1, 0.15) is 41.4 Å². The monoisotopic (exact) mass is 283 g/mol. The Morgan fingerprint density at radius 2 is 1.81 bits per heavy atom. The lowest BCUT2D eigenvalue weighted by Gasteiger charge is -2.26. The third-order valence-electron chi connectivity index (χ3n) is 3.27. The van der Waals surface area contributed by atoms with E-state index >= 15 is 0 Å². The van der Waals surface area contributed by atoms with Crippen LogP contribution in [0.25, 0.3) is 0 Å². The summed E-state index contributed by atoms with van der Waals surface area (Å²) in [6.07, 6.45) is 0. The lowest BCUT2D eigenvalue weighted by molar-refractivity contribution is 0.0683. The van der Waals surface area contributed by atoms with E-state index in [2.05, 4.69) is 9.97 Å². The van der Waals surface area contributed by atoms with Gasteiger partial charge in [0.1, 0.15) is 11.5 Å². The number of nitrogens with zero attached hydrogens (tertiary/aromatic N) is 3. The largest absolute Gasteiger partial charge is 0.331 e. The Hall–Kier alpha value is -2.23. The molecule has 2 rings (SSSR count). The van der Waals surface area contributed by atoms with Crippen molar-refractivity contribution in [2.45, 2.75) is 40.3 Å². The van der Waals surface area contributed by atoms with E-state index in [4.69, 9.17) is 0 Å². The zero-order valence-electron chi connectivity index (χ0n) is 13.0. The summed E-state index contributed by atoms with van der Waals surface area (Å²) in [6, 6.07) is 11.8. The van der Waals surface area contributed by atoms with Crippen LogP contribution in [0.5, 0.6) is 0 Å². The zero-order valence-corrected chi connectivity index (χ0v) is 13.0. The van der Waals surface area contributed by atoms with E-state index in [-0.39, 0.29) is 11.9 Å². The van der Waals surface area contributed by atoms with Crippen LogP contribution < -0.4 is 0 Å². The highest BCUT2D eigenvalue weighted by Gasteiger charge is 2.20. The molecule has 0 aliphatic rings. The second kappa shape index (κ2) is 6.48. The Labute approximate surface area is 125 Å². The van der Waals surface area contributed by atoms with Gasteiger partial charge in [0.25, 0.3) is 5.91 Å². The van der Waals surface area contributed by atoms with Crippen LogP contribution in [0, 0.1) is 13.8 Å². The molecule has 0 aliphatic carbocycles. The molecule has 4 nitrogen and oxygen atoms in total. The van der Waals surface area contributed by atoms with Crippen LogP contribution in [-0.2, 0) is 6.54 Å². The van der Waals surface area contributed by atoms with E-state index in [9.17, 15) is 4.79 Å². The normalized spacial score (nSPS) is 10.7. The first-order chi connectivity index (χ1) is 9.97. The van der Waals surface area contributed by atoms with Crippen molar-refractivity contribution in [3.8, 4) is 0 Å². The maximum Gasteiger partial charge on any atom is 0.273 e. The minimum atomic E-state index is -0.0533. The number of hydrogen-bond donors (Lipinski definition) is 0. The topological polar surface area (TPSA) is 46.1 Å². The van der Waals surface area contributed by atoms with Crippen molar-refractivity contribution in [2.24, 2.45) is 0 Å². The molecule has 21 heavy (non-hydrogen) atoms. The molecular weight excluding hydrogens is 262 g/mol. The van der Waals surface area contributed by atoms with Gasteiger partial charge >= 0.3 is 0 Å². The maximum absolute atomic E-state index is 12.7. The van der Waals surface area contributed by atoms with E-state index in [1.807, 2.05) is 56.0 Å². The molecule has 0 atom stereocenters. The van der Waals surface area contributed by atoms with Crippen molar-refractivity contribution in [1.82, 2.24) is 14.9 Å². The Morgan fingerprint density at radius 1 is 1.14 bits per heavy atom. The molecule has 0 unspecified atom stereocenters. The van der Waals surface area contributed by atoms with Crippen LogP contribution in [0.4, 0.5) is 0 Å². The molecule has 1 amide bonds. The van der Waals surface area contributed by atoms with E-state index in [0.29, 0.717) is 18.1 Å². The molecule has 4 heteroatoms. The summed E-state index contributed by atoms with van der Waals surface area (Å²) in [4.78, 5) is 23.1. The molecule has 2 aromatic rings. The van der Waals surface area contributed by atoms with Crippen molar-refractivity contribution in [2.75, 3.05) is 0 Å². The summed E-state index contributed by atoms with van der Waals surface area (Å²) in [5, 5.41) is 0. The molecule has 0 saturated carbocycles. The molecule has 1 aromatic carbocycles. The molecule has 1 heterocycles. The van der Waals surface area contributed by atoms with Gasteiger partial charge in [-0.05, 0) is 39.3 Å². The smallest absolute Gasteiger partial charge is 0.273 e. The number of benzene rings is 1. The highest BCUT2D eigenvalue weighted by Crippen LogP contribution is 2.13. The molecule has 1 aromatic heterocycles. The number of carbonyl (C=O) groups excluding carboxylic acids is 1. The van der Waals surface area contributed by atoms with Crippen LogP contribution in [0.2, 0.25) is 0 Å². The number of hydrogen-bond acceptors (Lipinski definition) is 3. The zero-order chi connectivity index (χ0) is 15.4. The van der Waals surface area contributed by atoms with Crippen molar-refractivity contribution in [3.63, 3.8) is 0 Å². The first kappa shape index (κ1) is 15.2. The summed E-state index contributed by atoms with van der Waals surface area (Å²) >= 11 is 0. The summed E-state index contributed by atoms with van der Waals surface area (Å²) in [6.45, 7) is 8.30. The van der Waals surface area contributed by atoms with Crippen LogP contribution in [-0.4, -0.2) is 26.8 Å². The van der Waals surface area contributed by atoms with Gasteiger partial charge in [0.15, 0.2) is 0 Å². The van der Waals surface area contributed by atoms with E-state index in [0.717, 1.165) is 11.3 Å². The van der Waals surface area contributed by atoms with Crippen molar-refractivity contribution < 1.29 is 4.79 Å². The first-order valence-corrected chi connectivity index (χ1v) is 7.14. The highest BCUT2D eigenvalue weighted by atomic mass is 16.2. The molecule has 0 saturated heterocycles. The molecule has 110 valence electrons. The van der Waals surface area contributed by atoms with Gasteiger partial charge in [0, 0.05) is 18.3 Å². The molecule has 0 N–H and O–H groups in total. The Bertz CT molecular complexity index is 603. The first-order valence-electron chi connectivity index (χ1n) is 7.14. The number of rotatable bonds is 4. The van der Waals surface area contributed by atoms with Gasteiger partial charge in [-0.1, -0.05) is 30.3 Å². The SMILES string of the molecule is Cc1cc(C(=O)N(Cc2ccccc2)C(C)C)nc(C)n1. The molecule has 0 spiro atoms. The van der Waals surface area contributed by atoms with Crippen molar-refractivity contribution in [1.29, 1.82) is 0 Å². The Balaban J connectivity index is 2.27. The van der Waals surface area contributed by atoms with Crippen molar-refractivity contribution >= 4 is 5.91 Å². The number of aryl methyl sites for hydroxylation is 2. The summed E-state index contributed by atoms with van der Waals surface area (Å²) in [5.41, 5.74) is 2.39. The summed E-state index contributed by atoms with van der Waals surface area (Å²) < 4.78 is 0. The van der Waals surface area contributed by atoms with Gasteiger partial charge in [-0.3, -0.25) is 4.79 Å². The lowest BCUT2D eigenvalue weighted by Crippen LogP contribution is -2.37. The lowest BCUT2D eigenvalue weighted by atomic mass is 10.1. The third kappa shape index (κ3) is 3.88. The molecular formula is C17H21N3O. The average molecular weight is 283 g/mol.